The quantitative estimate of drug-likeness (QED) is 0.166. The molecule has 0 fully saturated rings. The van der Waals surface area contributed by atoms with Crippen LogP contribution in [0.5, 0.6) is 0 Å². The van der Waals surface area contributed by atoms with Gasteiger partial charge in [0.05, 0.1) is 11.3 Å². The Bertz CT molecular complexity index is 1900. The summed E-state index contributed by atoms with van der Waals surface area (Å²) in [4.78, 5) is 36.0. The normalized spacial score (nSPS) is 13.7. The molecule has 2 aromatic heterocycles. The number of alkyl halides is 3. The van der Waals surface area contributed by atoms with Gasteiger partial charge < -0.3 is 9.80 Å². The number of pyridine rings is 1. The zero-order valence-corrected chi connectivity index (χ0v) is 26.3. The second kappa shape index (κ2) is 14.1. The summed E-state index contributed by atoms with van der Waals surface area (Å²) in [7, 11) is 1.79. The highest BCUT2D eigenvalue weighted by Gasteiger charge is 2.35. The molecule has 0 radical (unpaired) electrons. The number of rotatable bonds is 9. The fourth-order valence-electron chi connectivity index (χ4n) is 5.93. The molecular weight excluding hydrogens is 615 g/mol. The van der Waals surface area contributed by atoms with Crippen LogP contribution in [0.1, 0.15) is 33.5 Å². The second-order valence-corrected chi connectivity index (χ2v) is 11.8. The van der Waals surface area contributed by atoms with E-state index in [4.69, 9.17) is 0 Å². The lowest BCUT2D eigenvalue weighted by molar-refractivity contribution is -0.144. The molecule has 1 aliphatic heterocycles. The number of hydrogen-bond acceptors (Lipinski definition) is 4. The van der Waals surface area contributed by atoms with Gasteiger partial charge in [-0.1, -0.05) is 60.7 Å². The molecular formula is C38H34F3N5O2. The van der Waals surface area contributed by atoms with E-state index in [-0.39, 0.29) is 18.9 Å². The molecule has 1 aliphatic rings. The smallest absolute Gasteiger partial charge is 0.336 e. The lowest BCUT2D eigenvalue weighted by Crippen LogP contribution is -2.52. The van der Waals surface area contributed by atoms with Crippen LogP contribution in [0.3, 0.4) is 0 Å². The number of fused-ring (bicyclic) bond motifs is 1. The largest absolute Gasteiger partial charge is 0.416 e. The molecule has 3 heterocycles. The average Bonchev–Trinajstić information content (AvgIpc) is 3.52. The third kappa shape index (κ3) is 7.71. The van der Waals surface area contributed by atoms with Crippen LogP contribution in [0.4, 0.5) is 13.2 Å². The maximum absolute atomic E-state index is 14.5. The molecule has 6 rings (SSSR count). The van der Waals surface area contributed by atoms with E-state index in [1.165, 1.54) is 29.8 Å². The highest BCUT2D eigenvalue weighted by atomic mass is 19.4. The number of halogens is 3. The van der Waals surface area contributed by atoms with Gasteiger partial charge >= 0.3 is 6.18 Å². The standard InChI is InChI=1S/C38H34F3N5O2/c1-44-22-19-34(43-44)24-35(37(48)45-23-18-29-4-2-3-5-32(29)26-45)46(25-28-6-11-30(12-7-28)31-16-20-42-21-17-31)36(47)15-10-27-8-13-33(14-9-27)38(39,40)41/h2-17,19-22,35H,18,23-26H2,1H3/t35-/m0/s1. The summed E-state index contributed by atoms with van der Waals surface area (Å²) in [5.41, 5.74) is 5.37. The van der Waals surface area contributed by atoms with E-state index in [1.807, 2.05) is 60.7 Å². The first-order valence-electron chi connectivity index (χ1n) is 15.6. The average molecular weight is 650 g/mol. The number of nitrogens with zero attached hydrogens (tertiary/aromatic N) is 5. The Labute approximate surface area is 277 Å². The summed E-state index contributed by atoms with van der Waals surface area (Å²) in [6.07, 6.45) is 4.46. The summed E-state index contributed by atoms with van der Waals surface area (Å²) in [5, 5.41) is 4.52. The zero-order chi connectivity index (χ0) is 33.7. The van der Waals surface area contributed by atoms with E-state index in [1.54, 1.807) is 40.1 Å². The van der Waals surface area contributed by atoms with Crippen molar-refractivity contribution < 1.29 is 22.8 Å². The van der Waals surface area contributed by atoms with Crippen LogP contribution < -0.4 is 0 Å². The third-order valence-electron chi connectivity index (χ3n) is 8.53. The van der Waals surface area contributed by atoms with Crippen LogP contribution in [0.25, 0.3) is 17.2 Å². The minimum absolute atomic E-state index is 0.125. The zero-order valence-electron chi connectivity index (χ0n) is 26.3. The lowest BCUT2D eigenvalue weighted by Gasteiger charge is -2.36. The maximum atomic E-state index is 14.5. The maximum Gasteiger partial charge on any atom is 0.416 e. The van der Waals surface area contributed by atoms with Gasteiger partial charge in [0, 0.05) is 57.8 Å². The molecule has 0 spiro atoms. The molecule has 0 aliphatic carbocycles. The van der Waals surface area contributed by atoms with Gasteiger partial charge in [0.15, 0.2) is 0 Å². The fraction of sp³-hybridized carbons (Fsp3) is 0.211. The van der Waals surface area contributed by atoms with E-state index in [9.17, 15) is 22.8 Å². The summed E-state index contributed by atoms with van der Waals surface area (Å²) in [6, 6.07) is 25.2. The molecule has 0 unspecified atom stereocenters. The molecule has 10 heteroatoms. The third-order valence-corrected chi connectivity index (χ3v) is 8.53. The van der Waals surface area contributed by atoms with Crippen LogP contribution in [0.15, 0.2) is 116 Å². The van der Waals surface area contributed by atoms with Crippen LogP contribution in [0, 0.1) is 0 Å². The predicted octanol–water partition coefficient (Wildman–Crippen LogP) is 6.74. The number of hydrogen-bond donors (Lipinski definition) is 0. The van der Waals surface area contributed by atoms with Crippen molar-refractivity contribution in [3.05, 3.63) is 149 Å². The van der Waals surface area contributed by atoms with Gasteiger partial charge in [0.25, 0.3) is 0 Å². The Hall–Kier alpha value is -5.51. The minimum Gasteiger partial charge on any atom is -0.336 e. The Morgan fingerprint density at radius 3 is 2.25 bits per heavy atom. The molecule has 0 saturated carbocycles. The molecule has 0 saturated heterocycles. The van der Waals surface area contributed by atoms with Gasteiger partial charge in [-0.15, -0.1) is 0 Å². The minimum atomic E-state index is -4.46. The summed E-state index contributed by atoms with van der Waals surface area (Å²) >= 11 is 0. The second-order valence-electron chi connectivity index (χ2n) is 11.8. The summed E-state index contributed by atoms with van der Waals surface area (Å²) in [6.45, 7) is 1.07. The Balaban J connectivity index is 1.33. The van der Waals surface area contributed by atoms with Crippen molar-refractivity contribution in [2.75, 3.05) is 6.54 Å². The number of benzene rings is 3. The number of carbonyl (C=O) groups excluding carboxylic acids is 2. The van der Waals surface area contributed by atoms with E-state index < -0.39 is 23.7 Å². The van der Waals surface area contributed by atoms with Gasteiger partial charge in [-0.25, -0.2) is 0 Å². The van der Waals surface area contributed by atoms with Crippen LogP contribution in [-0.4, -0.2) is 49.0 Å². The van der Waals surface area contributed by atoms with E-state index in [2.05, 4.69) is 16.1 Å². The first-order valence-corrected chi connectivity index (χ1v) is 15.6. The van der Waals surface area contributed by atoms with Crippen molar-refractivity contribution in [1.29, 1.82) is 0 Å². The monoisotopic (exact) mass is 649 g/mol. The van der Waals surface area contributed by atoms with Gasteiger partial charge in [0.2, 0.25) is 11.8 Å². The van der Waals surface area contributed by atoms with Crippen molar-refractivity contribution in [2.45, 2.75) is 38.1 Å². The molecule has 5 aromatic rings. The highest BCUT2D eigenvalue weighted by molar-refractivity contribution is 5.96. The SMILES string of the molecule is Cn1ccc(C[C@@H](C(=O)N2CCc3ccccc3C2)N(Cc2ccc(-c3ccncc3)cc2)C(=O)C=Cc2ccc(C(F)(F)F)cc2)n1. The number of carbonyl (C=O) groups is 2. The highest BCUT2D eigenvalue weighted by Crippen LogP contribution is 2.29. The first kappa shape index (κ1) is 32.4. The number of aromatic nitrogens is 3. The van der Waals surface area contributed by atoms with Crippen molar-refractivity contribution in [3.8, 4) is 11.1 Å². The first-order chi connectivity index (χ1) is 23.1. The molecule has 48 heavy (non-hydrogen) atoms. The van der Waals surface area contributed by atoms with Crippen LogP contribution in [-0.2, 0) is 48.7 Å². The van der Waals surface area contributed by atoms with E-state index >= 15 is 0 Å². The van der Waals surface area contributed by atoms with Gasteiger partial charge in [-0.05, 0) is 76.2 Å². The van der Waals surface area contributed by atoms with Gasteiger partial charge in [0.1, 0.15) is 6.04 Å². The molecule has 2 amide bonds. The number of amides is 2. The number of aryl methyl sites for hydroxylation is 1. The van der Waals surface area contributed by atoms with Crippen molar-refractivity contribution >= 4 is 17.9 Å². The van der Waals surface area contributed by atoms with Crippen molar-refractivity contribution in [2.24, 2.45) is 7.05 Å². The topological polar surface area (TPSA) is 71.3 Å². The van der Waals surface area contributed by atoms with E-state index in [0.29, 0.717) is 30.8 Å². The molecule has 1 atom stereocenters. The summed E-state index contributed by atoms with van der Waals surface area (Å²) < 4.78 is 41.0. The molecule has 3 aromatic carbocycles. The predicted molar refractivity (Wildman–Crippen MR) is 177 cm³/mol. The Morgan fingerprint density at radius 2 is 1.58 bits per heavy atom. The molecule has 7 nitrogen and oxygen atoms in total. The van der Waals surface area contributed by atoms with E-state index in [0.717, 1.165) is 34.4 Å². The molecule has 0 bridgehead atoms. The van der Waals surface area contributed by atoms with Crippen LogP contribution >= 0.6 is 0 Å². The summed E-state index contributed by atoms with van der Waals surface area (Å²) in [5.74, 6) is -0.639. The Kier molecular flexibility index (Phi) is 9.52. The van der Waals surface area contributed by atoms with Gasteiger partial charge in [-0.3, -0.25) is 19.3 Å². The van der Waals surface area contributed by atoms with Gasteiger partial charge in [-0.2, -0.15) is 18.3 Å². The molecule has 244 valence electrons. The van der Waals surface area contributed by atoms with Crippen molar-refractivity contribution in [1.82, 2.24) is 24.6 Å². The molecule has 0 N–H and O–H groups in total. The fourth-order valence-corrected chi connectivity index (χ4v) is 5.93. The van der Waals surface area contributed by atoms with Crippen molar-refractivity contribution in [3.63, 3.8) is 0 Å². The lowest BCUT2D eigenvalue weighted by atomic mass is 9.98. The van der Waals surface area contributed by atoms with Crippen LogP contribution in [0.2, 0.25) is 0 Å². The Morgan fingerprint density at radius 1 is 0.896 bits per heavy atom.